The predicted octanol–water partition coefficient (Wildman–Crippen LogP) is 4.19. The molecule has 0 atom stereocenters. The molecule has 1 aliphatic heterocycles. The number of anilines is 1. The van der Waals surface area contributed by atoms with Crippen LogP contribution in [0.3, 0.4) is 0 Å². The predicted molar refractivity (Wildman–Crippen MR) is 137 cm³/mol. The Morgan fingerprint density at radius 2 is 1.78 bits per heavy atom. The highest BCUT2D eigenvalue weighted by Gasteiger charge is 2.26. The minimum Gasteiger partial charge on any atom is -0.368 e. The van der Waals surface area contributed by atoms with Gasteiger partial charge in [0, 0.05) is 43.5 Å². The number of rotatable bonds is 4. The van der Waals surface area contributed by atoms with E-state index in [1.165, 1.54) is 11.3 Å². The number of aromatic nitrogens is 5. The third-order valence-electron chi connectivity index (χ3n) is 6.48. The maximum Gasteiger partial charge on any atom is 0.259 e. The van der Waals surface area contributed by atoms with Gasteiger partial charge in [-0.1, -0.05) is 38.1 Å². The van der Waals surface area contributed by atoms with Crippen LogP contribution in [0.25, 0.3) is 17.3 Å². The summed E-state index contributed by atoms with van der Waals surface area (Å²) in [4.78, 5) is 26.5. The average Bonchev–Trinajstić information content (AvgIpc) is 3.51. The van der Waals surface area contributed by atoms with Crippen LogP contribution in [-0.4, -0.2) is 61.9 Å². The number of carbonyl (C=O) groups excluding carboxylic acids is 1. The number of amides is 1. The van der Waals surface area contributed by atoms with Crippen molar-refractivity contribution in [3.05, 3.63) is 71.4 Å². The van der Waals surface area contributed by atoms with Crippen molar-refractivity contribution in [3.8, 4) is 17.3 Å². The van der Waals surface area contributed by atoms with Gasteiger partial charge in [0.25, 0.3) is 11.8 Å². The first kappa shape index (κ1) is 23.7. The van der Waals surface area contributed by atoms with Gasteiger partial charge >= 0.3 is 0 Å². The largest absolute Gasteiger partial charge is 0.368 e. The second kappa shape index (κ2) is 9.22. The molecule has 0 saturated carbocycles. The zero-order valence-electron chi connectivity index (χ0n) is 21.4. The Morgan fingerprint density at radius 3 is 2.42 bits per heavy atom. The molecule has 9 nitrogen and oxygen atoms in total. The summed E-state index contributed by atoms with van der Waals surface area (Å²) in [6.07, 6.45) is 3.32. The number of hydrogen-bond acceptors (Lipinski definition) is 7. The lowest BCUT2D eigenvalue weighted by Gasteiger charge is -2.36. The normalized spacial score (nSPS) is 14.4. The molecule has 36 heavy (non-hydrogen) atoms. The summed E-state index contributed by atoms with van der Waals surface area (Å²) < 4.78 is 7.10. The van der Waals surface area contributed by atoms with Crippen molar-refractivity contribution < 1.29 is 9.32 Å². The molecule has 0 unspecified atom stereocenters. The maximum atomic E-state index is 13.3. The first-order valence-corrected chi connectivity index (χ1v) is 12.2. The molecule has 9 heteroatoms. The molecule has 1 aromatic carbocycles. The van der Waals surface area contributed by atoms with Gasteiger partial charge in [-0.25, -0.2) is 9.67 Å². The van der Waals surface area contributed by atoms with Crippen LogP contribution in [0.2, 0.25) is 0 Å². The molecule has 4 heterocycles. The maximum absolute atomic E-state index is 13.3. The highest BCUT2D eigenvalue weighted by molar-refractivity contribution is 5.95. The van der Waals surface area contributed by atoms with Crippen molar-refractivity contribution in [2.24, 2.45) is 0 Å². The molecule has 0 aliphatic carbocycles. The standard InChI is InChI=1S/C27H31N7O2/c1-18-7-6-8-21(15-18)32-11-13-33(14-12-32)25(35)22-17-29-34(19(22)2)23-10-9-20(16-28-23)24-30-26(31-36-24)27(3,4)5/h6-10,15-17H,11-14H2,1-5H3. The molecule has 4 aromatic rings. The molecular formula is C27H31N7O2. The fraction of sp³-hybridized carbons (Fsp3) is 0.370. The zero-order chi connectivity index (χ0) is 25.4. The Bertz CT molecular complexity index is 1370. The van der Waals surface area contributed by atoms with Crippen LogP contribution in [0.4, 0.5) is 5.69 Å². The van der Waals surface area contributed by atoms with Gasteiger partial charge in [-0.3, -0.25) is 4.79 Å². The molecule has 1 saturated heterocycles. The van der Waals surface area contributed by atoms with Crippen LogP contribution in [0.1, 0.15) is 48.2 Å². The fourth-order valence-electron chi connectivity index (χ4n) is 4.30. The van der Waals surface area contributed by atoms with Crippen LogP contribution in [0, 0.1) is 13.8 Å². The first-order chi connectivity index (χ1) is 17.2. The van der Waals surface area contributed by atoms with E-state index in [-0.39, 0.29) is 11.3 Å². The van der Waals surface area contributed by atoms with E-state index in [4.69, 9.17) is 4.52 Å². The number of carbonyl (C=O) groups is 1. The summed E-state index contributed by atoms with van der Waals surface area (Å²) in [7, 11) is 0. The number of benzene rings is 1. The van der Waals surface area contributed by atoms with E-state index in [0.717, 1.165) is 24.3 Å². The quantitative estimate of drug-likeness (QED) is 0.428. The second-order valence-corrected chi connectivity index (χ2v) is 10.3. The van der Waals surface area contributed by atoms with Crippen LogP contribution in [-0.2, 0) is 5.41 Å². The Balaban J connectivity index is 1.28. The van der Waals surface area contributed by atoms with Gasteiger partial charge in [0.1, 0.15) is 0 Å². The van der Waals surface area contributed by atoms with Crippen molar-refractivity contribution in [2.75, 3.05) is 31.1 Å². The van der Waals surface area contributed by atoms with Gasteiger partial charge in [-0.15, -0.1) is 0 Å². The van der Waals surface area contributed by atoms with E-state index in [0.29, 0.717) is 36.2 Å². The molecule has 1 aliphatic rings. The molecule has 0 bridgehead atoms. The van der Waals surface area contributed by atoms with Gasteiger partial charge in [-0.05, 0) is 43.7 Å². The third-order valence-corrected chi connectivity index (χ3v) is 6.48. The summed E-state index contributed by atoms with van der Waals surface area (Å²) in [6.45, 7) is 13.0. The van der Waals surface area contributed by atoms with E-state index >= 15 is 0 Å². The van der Waals surface area contributed by atoms with E-state index < -0.39 is 0 Å². The summed E-state index contributed by atoms with van der Waals surface area (Å²) in [6, 6.07) is 12.2. The molecule has 5 rings (SSSR count). The Kier molecular flexibility index (Phi) is 6.07. The Hall–Kier alpha value is -4.01. The number of piperazine rings is 1. The molecule has 0 radical (unpaired) electrons. The molecule has 0 N–H and O–H groups in total. The minimum absolute atomic E-state index is 0.000156. The first-order valence-electron chi connectivity index (χ1n) is 12.2. The fourth-order valence-corrected chi connectivity index (χ4v) is 4.30. The van der Waals surface area contributed by atoms with E-state index in [1.54, 1.807) is 17.1 Å². The van der Waals surface area contributed by atoms with Gasteiger partial charge < -0.3 is 14.3 Å². The van der Waals surface area contributed by atoms with E-state index in [1.807, 2.05) is 44.7 Å². The lowest BCUT2D eigenvalue weighted by atomic mass is 9.96. The van der Waals surface area contributed by atoms with Gasteiger partial charge in [0.15, 0.2) is 11.6 Å². The Morgan fingerprint density at radius 1 is 1.00 bits per heavy atom. The summed E-state index contributed by atoms with van der Waals surface area (Å²) in [5.41, 5.74) is 4.33. The molecule has 1 amide bonds. The van der Waals surface area contributed by atoms with Crippen molar-refractivity contribution in [3.63, 3.8) is 0 Å². The third kappa shape index (κ3) is 4.60. The zero-order valence-corrected chi connectivity index (χ0v) is 21.4. The van der Waals surface area contributed by atoms with Crippen molar-refractivity contribution in [2.45, 2.75) is 40.0 Å². The number of pyridine rings is 1. The van der Waals surface area contributed by atoms with Crippen LogP contribution in [0.15, 0.2) is 53.3 Å². The van der Waals surface area contributed by atoms with Gasteiger partial charge in [0.05, 0.1) is 23.0 Å². The Labute approximate surface area is 210 Å². The highest BCUT2D eigenvalue weighted by Crippen LogP contribution is 2.24. The van der Waals surface area contributed by atoms with Crippen molar-refractivity contribution >= 4 is 11.6 Å². The molecule has 3 aromatic heterocycles. The summed E-state index contributed by atoms with van der Waals surface area (Å²) in [5, 5.41) is 8.53. The second-order valence-electron chi connectivity index (χ2n) is 10.3. The molecule has 186 valence electrons. The van der Waals surface area contributed by atoms with E-state index in [2.05, 4.69) is 56.3 Å². The highest BCUT2D eigenvalue weighted by atomic mass is 16.5. The van der Waals surface area contributed by atoms with Crippen molar-refractivity contribution in [1.82, 2.24) is 29.8 Å². The van der Waals surface area contributed by atoms with Gasteiger partial charge in [0.2, 0.25) is 0 Å². The van der Waals surface area contributed by atoms with Crippen molar-refractivity contribution in [1.29, 1.82) is 0 Å². The molecule has 1 fully saturated rings. The SMILES string of the molecule is Cc1cccc(N2CCN(C(=O)c3cnn(-c4ccc(-c5nc(C(C)(C)C)no5)cn4)c3C)CC2)c1. The summed E-state index contributed by atoms with van der Waals surface area (Å²) in [5.74, 6) is 1.69. The monoisotopic (exact) mass is 485 g/mol. The van der Waals surface area contributed by atoms with Crippen LogP contribution >= 0.6 is 0 Å². The smallest absolute Gasteiger partial charge is 0.259 e. The minimum atomic E-state index is -0.197. The number of nitrogens with zero attached hydrogens (tertiary/aromatic N) is 7. The average molecular weight is 486 g/mol. The molecule has 0 spiro atoms. The van der Waals surface area contributed by atoms with Crippen LogP contribution in [0.5, 0.6) is 0 Å². The number of aryl methyl sites for hydroxylation is 1. The van der Waals surface area contributed by atoms with E-state index in [9.17, 15) is 4.79 Å². The van der Waals surface area contributed by atoms with Crippen LogP contribution < -0.4 is 4.90 Å². The van der Waals surface area contributed by atoms with Gasteiger partial charge in [-0.2, -0.15) is 10.1 Å². The summed E-state index contributed by atoms with van der Waals surface area (Å²) >= 11 is 0. The lowest BCUT2D eigenvalue weighted by Crippen LogP contribution is -2.48. The topological polar surface area (TPSA) is 93.2 Å². The lowest BCUT2D eigenvalue weighted by molar-refractivity contribution is 0.0746. The molecular weight excluding hydrogens is 454 g/mol. The number of hydrogen-bond donors (Lipinski definition) is 0.